The number of carboxylic acids is 1. The summed E-state index contributed by atoms with van der Waals surface area (Å²) in [5, 5.41) is 9.13. The van der Waals surface area contributed by atoms with Gasteiger partial charge in [-0.2, -0.15) is 0 Å². The topological polar surface area (TPSA) is 49.8 Å². The van der Waals surface area contributed by atoms with Crippen molar-refractivity contribution in [3.63, 3.8) is 0 Å². The van der Waals surface area contributed by atoms with Crippen LogP contribution >= 0.6 is 0 Å². The smallest absolute Gasteiger partial charge is 0.306 e. The van der Waals surface area contributed by atoms with Crippen molar-refractivity contribution in [1.82, 2.24) is 4.90 Å². The molecule has 4 nitrogen and oxygen atoms in total. The van der Waals surface area contributed by atoms with Gasteiger partial charge < -0.3 is 9.84 Å². The molecule has 0 radical (unpaired) electrons. The van der Waals surface area contributed by atoms with Gasteiger partial charge in [0, 0.05) is 6.04 Å². The molecule has 98 valence electrons. The van der Waals surface area contributed by atoms with Gasteiger partial charge in [-0.1, -0.05) is 12.1 Å². The van der Waals surface area contributed by atoms with Crippen molar-refractivity contribution in [2.24, 2.45) is 5.92 Å². The number of aliphatic carboxylic acids is 1. The van der Waals surface area contributed by atoms with Crippen LogP contribution in [0.25, 0.3) is 0 Å². The number of likely N-dealkylation sites (tertiary alicyclic amines) is 1. The van der Waals surface area contributed by atoms with Crippen LogP contribution in [0.15, 0.2) is 24.3 Å². The van der Waals surface area contributed by atoms with Crippen molar-refractivity contribution in [3.05, 3.63) is 29.8 Å². The molecule has 1 aromatic rings. The lowest BCUT2D eigenvalue weighted by molar-refractivity contribution is -0.144. The number of hydrogen-bond donors (Lipinski definition) is 1. The molecule has 0 amide bonds. The summed E-state index contributed by atoms with van der Waals surface area (Å²) in [5.41, 5.74) is 1.16. The minimum Gasteiger partial charge on any atom is -0.497 e. The van der Waals surface area contributed by atoms with Gasteiger partial charge in [0.05, 0.1) is 13.0 Å². The number of hydrogen-bond acceptors (Lipinski definition) is 3. The van der Waals surface area contributed by atoms with Crippen LogP contribution in [0.5, 0.6) is 5.75 Å². The first kappa shape index (κ1) is 12.9. The molecular weight excluding hydrogens is 230 g/mol. The molecule has 0 saturated carbocycles. The fourth-order valence-corrected chi connectivity index (χ4v) is 2.52. The molecule has 2 unspecified atom stereocenters. The highest BCUT2D eigenvalue weighted by Crippen LogP contribution is 2.33. The third-order valence-electron chi connectivity index (χ3n) is 3.72. The Kier molecular flexibility index (Phi) is 3.87. The fourth-order valence-electron chi connectivity index (χ4n) is 2.52. The van der Waals surface area contributed by atoms with Gasteiger partial charge >= 0.3 is 5.97 Å². The molecule has 0 spiro atoms. The van der Waals surface area contributed by atoms with Crippen molar-refractivity contribution < 1.29 is 14.6 Å². The number of nitrogens with zero attached hydrogens (tertiary/aromatic N) is 1. The molecule has 0 bridgehead atoms. The summed E-state index contributed by atoms with van der Waals surface area (Å²) in [6.07, 6.45) is 1.41. The maximum Gasteiger partial charge on any atom is 0.306 e. The highest BCUT2D eigenvalue weighted by Gasteiger charge is 2.31. The van der Waals surface area contributed by atoms with Crippen molar-refractivity contribution in [2.75, 3.05) is 20.7 Å². The Morgan fingerprint density at radius 2 is 2.06 bits per heavy atom. The van der Waals surface area contributed by atoms with Gasteiger partial charge in [-0.25, -0.2) is 0 Å². The van der Waals surface area contributed by atoms with Gasteiger partial charge in [0.1, 0.15) is 5.75 Å². The summed E-state index contributed by atoms with van der Waals surface area (Å²) in [6.45, 7) is 0.827. The predicted octanol–water partition coefficient (Wildman–Crippen LogP) is 2.16. The summed E-state index contributed by atoms with van der Waals surface area (Å²) in [5.74, 6) is -0.0816. The predicted molar refractivity (Wildman–Crippen MR) is 68.7 cm³/mol. The van der Waals surface area contributed by atoms with Gasteiger partial charge in [0.15, 0.2) is 0 Å². The van der Waals surface area contributed by atoms with E-state index in [0.29, 0.717) is 6.42 Å². The summed E-state index contributed by atoms with van der Waals surface area (Å²) < 4.78 is 5.13. The van der Waals surface area contributed by atoms with E-state index in [1.807, 2.05) is 31.3 Å². The second-order valence-corrected chi connectivity index (χ2v) is 4.83. The molecule has 1 aliphatic heterocycles. The molecule has 1 fully saturated rings. The molecule has 1 heterocycles. The lowest BCUT2D eigenvalue weighted by Gasteiger charge is -2.35. The van der Waals surface area contributed by atoms with Crippen molar-refractivity contribution in [1.29, 1.82) is 0 Å². The first-order chi connectivity index (χ1) is 8.61. The van der Waals surface area contributed by atoms with E-state index in [4.69, 9.17) is 9.84 Å². The van der Waals surface area contributed by atoms with Crippen LogP contribution in [0.2, 0.25) is 0 Å². The average molecular weight is 249 g/mol. The number of rotatable bonds is 3. The van der Waals surface area contributed by atoms with E-state index >= 15 is 0 Å². The van der Waals surface area contributed by atoms with Crippen molar-refractivity contribution >= 4 is 5.97 Å². The van der Waals surface area contributed by atoms with Crippen LogP contribution in [0, 0.1) is 5.92 Å². The van der Waals surface area contributed by atoms with E-state index in [2.05, 4.69) is 4.90 Å². The van der Waals surface area contributed by atoms with Crippen molar-refractivity contribution in [2.45, 2.75) is 18.9 Å². The van der Waals surface area contributed by atoms with Gasteiger partial charge in [0.25, 0.3) is 0 Å². The first-order valence-electron chi connectivity index (χ1n) is 6.19. The second kappa shape index (κ2) is 5.40. The lowest BCUT2D eigenvalue weighted by atomic mass is 9.87. The number of methoxy groups -OCH3 is 1. The minimum absolute atomic E-state index is 0.186. The van der Waals surface area contributed by atoms with E-state index in [0.717, 1.165) is 24.3 Å². The molecule has 1 aliphatic rings. The van der Waals surface area contributed by atoms with Crippen LogP contribution < -0.4 is 4.74 Å². The fraction of sp³-hybridized carbons (Fsp3) is 0.500. The van der Waals surface area contributed by atoms with E-state index in [1.165, 1.54) is 0 Å². The SMILES string of the molecule is COc1ccc(C2CC(C(=O)O)CCN2C)cc1. The summed E-state index contributed by atoms with van der Waals surface area (Å²) in [7, 11) is 3.69. The van der Waals surface area contributed by atoms with Crippen LogP contribution in [0.4, 0.5) is 0 Å². The average Bonchev–Trinajstić information content (AvgIpc) is 2.39. The van der Waals surface area contributed by atoms with Gasteiger partial charge in [-0.15, -0.1) is 0 Å². The molecule has 0 aliphatic carbocycles. The van der Waals surface area contributed by atoms with Crippen LogP contribution in [-0.4, -0.2) is 36.7 Å². The Morgan fingerprint density at radius 3 is 2.61 bits per heavy atom. The highest BCUT2D eigenvalue weighted by atomic mass is 16.5. The molecule has 1 N–H and O–H groups in total. The third kappa shape index (κ3) is 2.64. The summed E-state index contributed by atoms with van der Waals surface area (Å²) in [6, 6.07) is 8.07. The third-order valence-corrected chi connectivity index (χ3v) is 3.72. The minimum atomic E-state index is -0.679. The second-order valence-electron chi connectivity index (χ2n) is 4.83. The number of benzene rings is 1. The molecule has 2 atom stereocenters. The highest BCUT2D eigenvalue weighted by molar-refractivity contribution is 5.70. The van der Waals surface area contributed by atoms with Gasteiger partial charge in [-0.05, 0) is 44.1 Å². The standard InChI is InChI=1S/C14H19NO3/c1-15-8-7-11(14(16)17)9-13(15)10-3-5-12(18-2)6-4-10/h3-6,11,13H,7-9H2,1-2H3,(H,16,17). The van der Waals surface area contributed by atoms with Crippen LogP contribution in [0.1, 0.15) is 24.4 Å². The van der Waals surface area contributed by atoms with E-state index < -0.39 is 5.97 Å². The largest absolute Gasteiger partial charge is 0.497 e. The van der Waals surface area contributed by atoms with Gasteiger partial charge in [0.2, 0.25) is 0 Å². The molecule has 2 rings (SSSR count). The number of carboxylic acid groups (broad SMARTS) is 1. The van der Waals surface area contributed by atoms with E-state index in [9.17, 15) is 4.79 Å². The van der Waals surface area contributed by atoms with E-state index in [1.54, 1.807) is 7.11 Å². The molecule has 4 heteroatoms. The Hall–Kier alpha value is -1.55. The maximum atomic E-state index is 11.1. The van der Waals surface area contributed by atoms with Crippen LogP contribution in [-0.2, 0) is 4.79 Å². The molecular formula is C14H19NO3. The Bertz CT molecular complexity index is 416. The van der Waals surface area contributed by atoms with Gasteiger partial charge in [-0.3, -0.25) is 9.69 Å². The monoisotopic (exact) mass is 249 g/mol. The Morgan fingerprint density at radius 1 is 1.39 bits per heavy atom. The first-order valence-corrected chi connectivity index (χ1v) is 6.19. The molecule has 1 saturated heterocycles. The zero-order chi connectivity index (χ0) is 13.1. The molecule has 1 aromatic carbocycles. The number of carbonyl (C=O) groups is 1. The van der Waals surface area contributed by atoms with Crippen LogP contribution in [0.3, 0.4) is 0 Å². The Labute approximate surface area is 107 Å². The lowest BCUT2D eigenvalue weighted by Crippen LogP contribution is -2.36. The zero-order valence-electron chi connectivity index (χ0n) is 10.8. The molecule has 0 aromatic heterocycles. The normalized spacial score (nSPS) is 24.8. The summed E-state index contributed by atoms with van der Waals surface area (Å²) in [4.78, 5) is 13.3. The van der Waals surface area contributed by atoms with E-state index in [-0.39, 0.29) is 12.0 Å². The quantitative estimate of drug-likeness (QED) is 0.892. The summed E-state index contributed by atoms with van der Waals surface area (Å²) >= 11 is 0. The Balaban J connectivity index is 2.15. The van der Waals surface area contributed by atoms with Crippen molar-refractivity contribution in [3.8, 4) is 5.75 Å². The molecule has 18 heavy (non-hydrogen) atoms. The zero-order valence-corrected chi connectivity index (χ0v) is 10.8. The number of piperidine rings is 1. The maximum absolute atomic E-state index is 11.1. The number of ether oxygens (including phenoxy) is 1.